The standard InChI is InChI=1S/C8H9N5.C5H11N/c1-13-7(3-5-11-13)6-2-4-10-8(9)12-6;1-2-4-6-5-3-1/h2-5H,1H3,(H2,9,10,12);6H,1-5H2. The summed E-state index contributed by atoms with van der Waals surface area (Å²) in [7, 11) is 1.85. The SMILES string of the molecule is C1CCNCC1.Cn1nccc1-c1ccnc(N)n1. The van der Waals surface area contributed by atoms with E-state index in [0.717, 1.165) is 11.4 Å². The Morgan fingerprint density at radius 2 is 1.95 bits per heavy atom. The van der Waals surface area contributed by atoms with E-state index in [1.165, 1.54) is 32.4 Å². The van der Waals surface area contributed by atoms with Gasteiger partial charge in [-0.25, -0.2) is 9.97 Å². The normalized spacial score (nSPS) is 14.6. The maximum atomic E-state index is 5.46. The summed E-state index contributed by atoms with van der Waals surface area (Å²) in [6.07, 6.45) is 7.56. The first-order valence-corrected chi connectivity index (χ1v) is 6.55. The average molecular weight is 260 g/mol. The third kappa shape index (κ3) is 4.03. The number of anilines is 1. The number of aryl methyl sites for hydroxylation is 1. The van der Waals surface area contributed by atoms with Crippen LogP contribution in [-0.4, -0.2) is 32.8 Å². The molecule has 102 valence electrons. The third-order valence-corrected chi connectivity index (χ3v) is 2.96. The Balaban J connectivity index is 0.000000186. The van der Waals surface area contributed by atoms with Crippen LogP contribution in [0.4, 0.5) is 5.95 Å². The fourth-order valence-corrected chi connectivity index (χ4v) is 1.94. The minimum absolute atomic E-state index is 0.277. The molecule has 0 unspecified atom stereocenters. The highest BCUT2D eigenvalue weighted by molar-refractivity contribution is 5.54. The van der Waals surface area contributed by atoms with Crippen molar-refractivity contribution in [1.82, 2.24) is 25.1 Å². The lowest BCUT2D eigenvalue weighted by atomic mass is 10.2. The Kier molecular flexibility index (Phi) is 4.85. The maximum absolute atomic E-state index is 5.46. The lowest BCUT2D eigenvalue weighted by Gasteiger charge is -2.08. The molecule has 1 saturated heterocycles. The van der Waals surface area contributed by atoms with Gasteiger partial charge in [-0.05, 0) is 38.1 Å². The summed E-state index contributed by atoms with van der Waals surface area (Å²) in [5, 5.41) is 7.32. The fraction of sp³-hybridized carbons (Fsp3) is 0.462. The Labute approximate surface area is 113 Å². The largest absolute Gasteiger partial charge is 0.368 e. The first-order chi connectivity index (χ1) is 9.27. The molecule has 2 aromatic rings. The Hall–Kier alpha value is -1.95. The summed E-state index contributed by atoms with van der Waals surface area (Å²) in [6.45, 7) is 2.50. The zero-order chi connectivity index (χ0) is 13.5. The third-order valence-electron chi connectivity index (χ3n) is 2.96. The number of nitrogens with zero attached hydrogens (tertiary/aromatic N) is 4. The van der Waals surface area contributed by atoms with Gasteiger partial charge >= 0.3 is 0 Å². The molecule has 1 aliphatic rings. The van der Waals surface area contributed by atoms with Crippen molar-refractivity contribution >= 4 is 5.95 Å². The highest BCUT2D eigenvalue weighted by Gasteiger charge is 2.03. The summed E-state index contributed by atoms with van der Waals surface area (Å²) in [4.78, 5) is 7.90. The van der Waals surface area contributed by atoms with Gasteiger partial charge in [0.25, 0.3) is 0 Å². The lowest BCUT2D eigenvalue weighted by Crippen LogP contribution is -2.21. The van der Waals surface area contributed by atoms with Crippen LogP contribution in [0.15, 0.2) is 24.5 Å². The molecule has 6 nitrogen and oxygen atoms in total. The molecule has 3 heterocycles. The number of piperidine rings is 1. The van der Waals surface area contributed by atoms with Crippen molar-refractivity contribution in [2.45, 2.75) is 19.3 Å². The van der Waals surface area contributed by atoms with Crippen LogP contribution in [0.2, 0.25) is 0 Å². The monoisotopic (exact) mass is 260 g/mol. The van der Waals surface area contributed by atoms with E-state index in [1.807, 2.05) is 13.1 Å². The summed E-state index contributed by atoms with van der Waals surface area (Å²) >= 11 is 0. The highest BCUT2D eigenvalue weighted by Crippen LogP contribution is 2.14. The van der Waals surface area contributed by atoms with E-state index in [2.05, 4.69) is 20.4 Å². The van der Waals surface area contributed by atoms with Gasteiger partial charge in [0.2, 0.25) is 5.95 Å². The molecule has 0 saturated carbocycles. The second-order valence-corrected chi connectivity index (χ2v) is 4.45. The first-order valence-electron chi connectivity index (χ1n) is 6.55. The smallest absolute Gasteiger partial charge is 0.220 e. The Morgan fingerprint density at radius 3 is 2.42 bits per heavy atom. The second kappa shape index (κ2) is 6.84. The number of nitrogens with two attached hydrogens (primary N) is 1. The van der Waals surface area contributed by atoms with Gasteiger partial charge < -0.3 is 11.1 Å². The molecule has 0 radical (unpaired) electrons. The van der Waals surface area contributed by atoms with Crippen molar-refractivity contribution in [2.75, 3.05) is 18.8 Å². The lowest BCUT2D eigenvalue weighted by molar-refractivity contribution is 0.520. The van der Waals surface area contributed by atoms with Crippen LogP contribution >= 0.6 is 0 Å². The van der Waals surface area contributed by atoms with Crippen LogP contribution in [0, 0.1) is 0 Å². The van der Waals surface area contributed by atoms with Crippen LogP contribution in [0.5, 0.6) is 0 Å². The number of nitrogens with one attached hydrogen (secondary N) is 1. The minimum atomic E-state index is 0.277. The van der Waals surface area contributed by atoms with E-state index in [0.29, 0.717) is 0 Å². The number of hydrogen-bond donors (Lipinski definition) is 2. The quantitative estimate of drug-likeness (QED) is 0.805. The minimum Gasteiger partial charge on any atom is -0.368 e. The second-order valence-electron chi connectivity index (χ2n) is 4.45. The zero-order valence-corrected chi connectivity index (χ0v) is 11.2. The topological polar surface area (TPSA) is 81.7 Å². The molecule has 3 rings (SSSR count). The van der Waals surface area contributed by atoms with Gasteiger partial charge in [0.15, 0.2) is 0 Å². The molecule has 0 aromatic carbocycles. The summed E-state index contributed by atoms with van der Waals surface area (Å²) < 4.78 is 1.74. The van der Waals surface area contributed by atoms with Gasteiger partial charge in [0.1, 0.15) is 0 Å². The van der Waals surface area contributed by atoms with Crippen LogP contribution in [0.25, 0.3) is 11.4 Å². The first kappa shape index (κ1) is 13.5. The Morgan fingerprint density at radius 1 is 1.16 bits per heavy atom. The van der Waals surface area contributed by atoms with Crippen LogP contribution < -0.4 is 11.1 Å². The van der Waals surface area contributed by atoms with Crippen molar-refractivity contribution in [3.8, 4) is 11.4 Å². The molecule has 0 spiro atoms. The molecule has 19 heavy (non-hydrogen) atoms. The summed E-state index contributed by atoms with van der Waals surface area (Å²) in [5.41, 5.74) is 7.17. The van der Waals surface area contributed by atoms with Gasteiger partial charge in [-0.1, -0.05) is 6.42 Å². The molecular weight excluding hydrogens is 240 g/mol. The van der Waals surface area contributed by atoms with Gasteiger partial charge in [0.05, 0.1) is 11.4 Å². The molecule has 1 fully saturated rings. The number of rotatable bonds is 1. The van der Waals surface area contributed by atoms with Crippen molar-refractivity contribution < 1.29 is 0 Å². The molecule has 3 N–H and O–H groups in total. The number of nitrogen functional groups attached to an aromatic ring is 1. The van der Waals surface area contributed by atoms with Crippen molar-refractivity contribution in [3.63, 3.8) is 0 Å². The predicted octanol–water partition coefficient (Wildman–Crippen LogP) is 1.22. The van der Waals surface area contributed by atoms with E-state index >= 15 is 0 Å². The van der Waals surface area contributed by atoms with E-state index in [9.17, 15) is 0 Å². The molecule has 2 aromatic heterocycles. The van der Waals surface area contributed by atoms with E-state index < -0.39 is 0 Å². The summed E-state index contributed by atoms with van der Waals surface area (Å²) in [6, 6.07) is 3.68. The average Bonchev–Trinajstić information content (AvgIpc) is 2.88. The number of aromatic nitrogens is 4. The van der Waals surface area contributed by atoms with Gasteiger partial charge in [-0.2, -0.15) is 5.10 Å². The zero-order valence-electron chi connectivity index (χ0n) is 11.2. The highest BCUT2D eigenvalue weighted by atomic mass is 15.3. The molecule has 0 atom stereocenters. The Bertz CT molecular complexity index is 492. The van der Waals surface area contributed by atoms with E-state index in [1.54, 1.807) is 23.1 Å². The molecule has 0 bridgehead atoms. The van der Waals surface area contributed by atoms with E-state index in [-0.39, 0.29) is 5.95 Å². The predicted molar refractivity (Wildman–Crippen MR) is 75.4 cm³/mol. The molecule has 6 heteroatoms. The van der Waals surface area contributed by atoms with Crippen LogP contribution in [0.3, 0.4) is 0 Å². The van der Waals surface area contributed by atoms with Crippen molar-refractivity contribution in [1.29, 1.82) is 0 Å². The maximum Gasteiger partial charge on any atom is 0.220 e. The molecule has 0 aliphatic carbocycles. The van der Waals surface area contributed by atoms with Crippen LogP contribution in [-0.2, 0) is 7.05 Å². The fourth-order valence-electron chi connectivity index (χ4n) is 1.94. The molecule has 1 aliphatic heterocycles. The van der Waals surface area contributed by atoms with Crippen molar-refractivity contribution in [2.24, 2.45) is 7.05 Å². The van der Waals surface area contributed by atoms with Crippen molar-refractivity contribution in [3.05, 3.63) is 24.5 Å². The van der Waals surface area contributed by atoms with Crippen LogP contribution in [0.1, 0.15) is 19.3 Å². The molecular formula is C13H20N6. The van der Waals surface area contributed by atoms with Gasteiger partial charge in [-0.15, -0.1) is 0 Å². The number of hydrogen-bond acceptors (Lipinski definition) is 5. The van der Waals surface area contributed by atoms with E-state index in [4.69, 9.17) is 5.73 Å². The summed E-state index contributed by atoms with van der Waals surface area (Å²) in [5.74, 6) is 0.277. The van der Waals surface area contributed by atoms with Gasteiger partial charge in [-0.3, -0.25) is 4.68 Å². The molecule has 0 amide bonds. The van der Waals surface area contributed by atoms with Gasteiger partial charge in [0, 0.05) is 19.4 Å².